The van der Waals surface area contributed by atoms with Crippen LogP contribution in [-0.2, 0) is 15.3 Å². The molecular weight excluding hydrogens is 582 g/mol. The predicted molar refractivity (Wildman–Crippen MR) is 155 cm³/mol. The standard InChI is InChI=1S/C29H24BrN3O3S2/c1-16-5-8-19(9-6-16)15-37-29-32-31-28(38-29)33-24(20-10-12-21(30)13-11-20)23(26(35)27(33)36)25(34)22-14-17(2)4-7-18(22)3/h4-14,24,34H,15H2,1-3H3. The zero-order chi connectivity index (χ0) is 27.0. The number of nitrogens with zero attached hydrogens (tertiary/aromatic N) is 3. The number of aryl methyl sites for hydroxylation is 3. The number of thioether (sulfide) groups is 1. The summed E-state index contributed by atoms with van der Waals surface area (Å²) < 4.78 is 1.55. The highest BCUT2D eigenvalue weighted by molar-refractivity contribution is 9.10. The molecule has 1 saturated heterocycles. The number of hydrogen-bond donors (Lipinski definition) is 1. The summed E-state index contributed by atoms with van der Waals surface area (Å²) in [4.78, 5) is 28.2. The van der Waals surface area contributed by atoms with Crippen LogP contribution in [0, 0.1) is 20.8 Å². The highest BCUT2D eigenvalue weighted by atomic mass is 79.9. The topological polar surface area (TPSA) is 83.4 Å². The van der Waals surface area contributed by atoms with Crippen LogP contribution in [-0.4, -0.2) is 27.0 Å². The average Bonchev–Trinajstić information content (AvgIpc) is 3.47. The van der Waals surface area contributed by atoms with Crippen molar-refractivity contribution in [3.05, 3.63) is 110 Å². The van der Waals surface area contributed by atoms with Crippen molar-refractivity contribution in [3.63, 3.8) is 0 Å². The van der Waals surface area contributed by atoms with Crippen LogP contribution in [0.25, 0.3) is 5.76 Å². The molecule has 1 N–H and O–H groups in total. The van der Waals surface area contributed by atoms with Crippen LogP contribution in [0.1, 0.15) is 39.4 Å². The molecular formula is C29H24BrN3O3S2. The number of halogens is 1. The fourth-order valence-corrected chi connectivity index (χ4v) is 6.40. The number of carbonyl (C=O) groups excluding carboxylic acids is 2. The molecule has 3 aromatic carbocycles. The molecule has 0 radical (unpaired) electrons. The number of aliphatic hydroxyl groups is 1. The van der Waals surface area contributed by atoms with Crippen LogP contribution in [0.4, 0.5) is 5.13 Å². The molecule has 1 fully saturated rings. The van der Waals surface area contributed by atoms with Crippen molar-refractivity contribution in [2.45, 2.75) is 36.9 Å². The lowest BCUT2D eigenvalue weighted by Crippen LogP contribution is -2.29. The number of amides is 1. The summed E-state index contributed by atoms with van der Waals surface area (Å²) in [7, 11) is 0. The highest BCUT2D eigenvalue weighted by Crippen LogP contribution is 2.44. The first-order valence-electron chi connectivity index (χ1n) is 11.9. The quantitative estimate of drug-likeness (QED) is 0.0826. The fourth-order valence-electron chi connectivity index (χ4n) is 4.31. The molecule has 38 heavy (non-hydrogen) atoms. The maximum absolute atomic E-state index is 13.4. The largest absolute Gasteiger partial charge is 0.507 e. The Morgan fingerprint density at radius 3 is 2.37 bits per heavy atom. The molecule has 1 aromatic heterocycles. The van der Waals surface area contributed by atoms with E-state index in [2.05, 4.69) is 50.4 Å². The van der Waals surface area contributed by atoms with E-state index in [-0.39, 0.29) is 11.3 Å². The van der Waals surface area contributed by atoms with E-state index in [9.17, 15) is 14.7 Å². The maximum Gasteiger partial charge on any atom is 0.301 e. The number of hydrogen-bond acceptors (Lipinski definition) is 7. The molecule has 0 spiro atoms. The second kappa shape index (κ2) is 10.8. The molecule has 1 aliphatic heterocycles. The zero-order valence-corrected chi connectivity index (χ0v) is 24.2. The lowest BCUT2D eigenvalue weighted by molar-refractivity contribution is -0.132. The Morgan fingerprint density at radius 2 is 1.66 bits per heavy atom. The van der Waals surface area contributed by atoms with Gasteiger partial charge in [0, 0.05) is 15.8 Å². The highest BCUT2D eigenvalue weighted by Gasteiger charge is 2.48. The number of carbonyl (C=O) groups is 2. The van der Waals surface area contributed by atoms with Crippen LogP contribution in [0.15, 0.2) is 81.1 Å². The van der Waals surface area contributed by atoms with Crippen LogP contribution >= 0.6 is 39.0 Å². The van der Waals surface area contributed by atoms with Gasteiger partial charge in [0.1, 0.15) is 5.76 Å². The van der Waals surface area contributed by atoms with Crippen LogP contribution in [0.3, 0.4) is 0 Å². The van der Waals surface area contributed by atoms with Crippen molar-refractivity contribution >= 4 is 61.6 Å². The number of Topliss-reactive ketones (excluding diaryl/α,β-unsaturated/α-hetero) is 1. The molecule has 192 valence electrons. The maximum atomic E-state index is 13.4. The van der Waals surface area contributed by atoms with Gasteiger partial charge in [0.2, 0.25) is 5.13 Å². The van der Waals surface area contributed by atoms with Crippen LogP contribution in [0.2, 0.25) is 0 Å². The van der Waals surface area contributed by atoms with Gasteiger partial charge in [-0.1, -0.05) is 98.7 Å². The van der Waals surface area contributed by atoms with Gasteiger partial charge in [0.25, 0.3) is 5.78 Å². The van der Waals surface area contributed by atoms with Crippen LogP contribution < -0.4 is 4.90 Å². The van der Waals surface area contributed by atoms with E-state index in [1.165, 1.54) is 33.6 Å². The first kappa shape index (κ1) is 26.3. The minimum Gasteiger partial charge on any atom is -0.507 e. The first-order chi connectivity index (χ1) is 18.2. The Labute approximate surface area is 237 Å². The molecule has 1 aliphatic rings. The molecule has 0 saturated carbocycles. The third-order valence-electron chi connectivity index (χ3n) is 6.36. The third-order valence-corrected chi connectivity index (χ3v) is 9.02. The minimum atomic E-state index is -0.842. The van der Waals surface area contributed by atoms with Gasteiger partial charge in [-0.2, -0.15) is 0 Å². The van der Waals surface area contributed by atoms with Gasteiger partial charge in [0.05, 0.1) is 11.6 Å². The summed E-state index contributed by atoms with van der Waals surface area (Å²) in [6.07, 6.45) is 0. The summed E-state index contributed by atoms with van der Waals surface area (Å²) >= 11 is 6.22. The summed E-state index contributed by atoms with van der Waals surface area (Å²) in [5, 5.41) is 20.3. The Hall–Kier alpha value is -3.27. The van der Waals surface area contributed by atoms with Gasteiger partial charge in [-0.3, -0.25) is 14.5 Å². The molecule has 1 unspecified atom stereocenters. The van der Waals surface area contributed by atoms with Gasteiger partial charge >= 0.3 is 5.91 Å². The van der Waals surface area contributed by atoms with Crippen molar-refractivity contribution in [2.24, 2.45) is 0 Å². The van der Waals surface area contributed by atoms with E-state index in [1.807, 2.05) is 63.2 Å². The lowest BCUT2D eigenvalue weighted by Gasteiger charge is -2.22. The molecule has 6 nitrogen and oxygen atoms in total. The van der Waals surface area contributed by atoms with E-state index in [0.29, 0.717) is 26.4 Å². The first-order valence-corrected chi connectivity index (χ1v) is 14.5. The summed E-state index contributed by atoms with van der Waals surface area (Å²) in [6.45, 7) is 5.82. The van der Waals surface area contributed by atoms with Gasteiger partial charge < -0.3 is 5.11 Å². The Morgan fingerprint density at radius 1 is 0.974 bits per heavy atom. The van der Waals surface area contributed by atoms with E-state index in [1.54, 1.807) is 0 Å². The summed E-state index contributed by atoms with van der Waals surface area (Å²) in [6, 6.07) is 20.4. The molecule has 1 amide bonds. The average molecular weight is 607 g/mol. The van der Waals surface area contributed by atoms with Crippen molar-refractivity contribution in [2.75, 3.05) is 4.90 Å². The third kappa shape index (κ3) is 5.18. The SMILES string of the molecule is Cc1ccc(CSc2nnc(N3C(=O)C(=O)C(=C(O)c4cc(C)ccc4C)C3c3ccc(Br)cc3)s2)cc1. The number of ketones is 1. The second-order valence-corrected chi connectivity index (χ2v) is 12.3. The zero-order valence-electron chi connectivity index (χ0n) is 20.9. The van der Waals surface area contributed by atoms with Gasteiger partial charge in [0.15, 0.2) is 4.34 Å². The minimum absolute atomic E-state index is 0.0371. The lowest BCUT2D eigenvalue weighted by atomic mass is 9.93. The number of rotatable bonds is 6. The van der Waals surface area contributed by atoms with E-state index >= 15 is 0 Å². The van der Waals surface area contributed by atoms with E-state index in [0.717, 1.165) is 21.2 Å². The van der Waals surface area contributed by atoms with Crippen molar-refractivity contribution in [1.29, 1.82) is 0 Å². The Balaban J connectivity index is 1.55. The molecule has 5 rings (SSSR count). The predicted octanol–water partition coefficient (Wildman–Crippen LogP) is 7.14. The Kier molecular flexibility index (Phi) is 7.52. The number of benzene rings is 3. The van der Waals surface area contributed by atoms with Crippen molar-refractivity contribution in [1.82, 2.24) is 10.2 Å². The number of aromatic nitrogens is 2. The van der Waals surface area contributed by atoms with Crippen molar-refractivity contribution in [3.8, 4) is 0 Å². The molecule has 1 atom stereocenters. The van der Waals surface area contributed by atoms with Gasteiger partial charge in [-0.15, -0.1) is 10.2 Å². The molecule has 0 aliphatic carbocycles. The number of anilines is 1. The monoisotopic (exact) mass is 605 g/mol. The molecule has 9 heteroatoms. The molecule has 4 aromatic rings. The van der Waals surface area contributed by atoms with E-state index in [4.69, 9.17) is 0 Å². The van der Waals surface area contributed by atoms with Gasteiger partial charge in [-0.05, 0) is 55.7 Å². The summed E-state index contributed by atoms with van der Waals surface area (Å²) in [5.74, 6) is -0.980. The normalized spacial score (nSPS) is 16.8. The number of aliphatic hydroxyl groups excluding tert-OH is 1. The van der Waals surface area contributed by atoms with Crippen molar-refractivity contribution < 1.29 is 14.7 Å². The fraction of sp³-hybridized carbons (Fsp3) is 0.172. The smallest absolute Gasteiger partial charge is 0.301 e. The van der Waals surface area contributed by atoms with E-state index < -0.39 is 17.7 Å². The molecule has 0 bridgehead atoms. The second-order valence-electron chi connectivity index (χ2n) is 9.16. The van der Waals surface area contributed by atoms with Crippen LogP contribution in [0.5, 0.6) is 0 Å². The van der Waals surface area contributed by atoms with Gasteiger partial charge in [-0.25, -0.2) is 0 Å². The Bertz CT molecular complexity index is 1560. The summed E-state index contributed by atoms with van der Waals surface area (Å²) in [5.41, 5.74) is 5.34. The molecule has 2 heterocycles.